The summed E-state index contributed by atoms with van der Waals surface area (Å²) in [5.41, 5.74) is 2.15. The van der Waals surface area contributed by atoms with Crippen molar-refractivity contribution >= 4 is 23.0 Å². The van der Waals surface area contributed by atoms with Crippen molar-refractivity contribution in [2.24, 2.45) is 0 Å². The minimum absolute atomic E-state index is 0.101. The molecule has 6 nitrogen and oxygen atoms in total. The predicted molar refractivity (Wildman–Crippen MR) is 124 cm³/mol. The largest absolute Gasteiger partial charge is 0.464 e. The topological polar surface area (TPSA) is 80.6 Å². The van der Waals surface area contributed by atoms with Crippen LogP contribution in [0.4, 0.5) is 4.79 Å². The monoisotopic (exact) mass is 434 g/mol. The highest BCUT2D eigenvalue weighted by Crippen LogP contribution is 2.40. The Morgan fingerprint density at radius 3 is 2.56 bits per heavy atom. The third-order valence-corrected chi connectivity index (χ3v) is 6.38. The molecule has 4 rings (SSSR count). The fourth-order valence-electron chi connectivity index (χ4n) is 4.56. The summed E-state index contributed by atoms with van der Waals surface area (Å²) in [6.45, 7) is 3.14. The van der Waals surface area contributed by atoms with Crippen molar-refractivity contribution < 1.29 is 18.7 Å². The molecule has 2 amide bonds. The molecule has 168 valence electrons. The lowest BCUT2D eigenvalue weighted by Crippen LogP contribution is -2.45. The maximum atomic E-state index is 13.0. The lowest BCUT2D eigenvalue weighted by molar-refractivity contribution is 0.0565. The second-order valence-electron chi connectivity index (χ2n) is 8.51. The van der Waals surface area contributed by atoms with Crippen molar-refractivity contribution in [3.63, 3.8) is 0 Å². The zero-order valence-electron chi connectivity index (χ0n) is 18.4. The molecule has 0 spiro atoms. The first-order chi connectivity index (χ1) is 15.6. The molecule has 0 atom stereocenters. The molecule has 0 saturated heterocycles. The molecular weight excluding hydrogens is 404 g/mol. The number of alkyl carbamates (subject to hydrolysis) is 1. The van der Waals surface area contributed by atoms with Gasteiger partial charge >= 0.3 is 6.09 Å². The van der Waals surface area contributed by atoms with Gasteiger partial charge in [0.05, 0.1) is 11.8 Å². The molecule has 6 heteroatoms. The van der Waals surface area contributed by atoms with E-state index in [1.807, 2.05) is 43.3 Å². The van der Waals surface area contributed by atoms with Crippen LogP contribution >= 0.6 is 0 Å². The SMILES string of the molecule is CCCNC(=O)O[C@H]1CC[C@](CNC(=O)c2cccc3ccoc23)(c2ccccc2)CC1. The number of amides is 2. The molecule has 2 N–H and O–H groups in total. The number of hydrogen-bond donors (Lipinski definition) is 2. The van der Waals surface area contributed by atoms with Gasteiger partial charge in [-0.05, 0) is 49.8 Å². The molecule has 0 aliphatic heterocycles. The number of fused-ring (bicyclic) bond motifs is 1. The molecule has 1 aliphatic carbocycles. The van der Waals surface area contributed by atoms with Crippen molar-refractivity contribution in [2.75, 3.05) is 13.1 Å². The molecule has 1 fully saturated rings. The van der Waals surface area contributed by atoms with Gasteiger partial charge in [-0.1, -0.05) is 49.4 Å². The quantitative estimate of drug-likeness (QED) is 0.537. The molecule has 0 radical (unpaired) electrons. The molecule has 1 aliphatic rings. The van der Waals surface area contributed by atoms with E-state index in [0.717, 1.165) is 37.5 Å². The van der Waals surface area contributed by atoms with E-state index in [4.69, 9.17) is 9.15 Å². The Labute approximate surface area is 188 Å². The van der Waals surface area contributed by atoms with Crippen molar-refractivity contribution in [1.29, 1.82) is 0 Å². The normalized spacial score (nSPS) is 20.6. The van der Waals surface area contributed by atoms with Gasteiger partial charge in [0, 0.05) is 23.9 Å². The van der Waals surface area contributed by atoms with E-state index < -0.39 is 0 Å². The van der Waals surface area contributed by atoms with E-state index in [9.17, 15) is 9.59 Å². The van der Waals surface area contributed by atoms with Gasteiger partial charge in [0.2, 0.25) is 0 Å². The van der Waals surface area contributed by atoms with Crippen molar-refractivity contribution in [2.45, 2.75) is 50.5 Å². The van der Waals surface area contributed by atoms with Crippen molar-refractivity contribution in [3.05, 3.63) is 72.0 Å². The molecule has 3 aromatic rings. The first-order valence-electron chi connectivity index (χ1n) is 11.4. The van der Waals surface area contributed by atoms with Crippen molar-refractivity contribution in [3.8, 4) is 0 Å². The smallest absolute Gasteiger partial charge is 0.407 e. The fourth-order valence-corrected chi connectivity index (χ4v) is 4.56. The zero-order chi connectivity index (χ0) is 22.4. The summed E-state index contributed by atoms with van der Waals surface area (Å²) in [5, 5.41) is 6.84. The third-order valence-electron chi connectivity index (χ3n) is 6.38. The molecule has 1 saturated carbocycles. The molecule has 0 bridgehead atoms. The summed E-state index contributed by atoms with van der Waals surface area (Å²) in [5.74, 6) is -0.141. The maximum Gasteiger partial charge on any atom is 0.407 e. The van der Waals surface area contributed by atoms with Gasteiger partial charge < -0.3 is 19.8 Å². The number of ether oxygens (including phenoxy) is 1. The van der Waals surface area contributed by atoms with E-state index in [-0.39, 0.29) is 23.5 Å². The van der Waals surface area contributed by atoms with Gasteiger partial charge in [-0.15, -0.1) is 0 Å². The van der Waals surface area contributed by atoms with Crippen LogP contribution in [0.3, 0.4) is 0 Å². The highest BCUT2D eigenvalue weighted by molar-refractivity contribution is 6.04. The van der Waals surface area contributed by atoms with Crippen LogP contribution in [0.15, 0.2) is 65.3 Å². The first kappa shape index (κ1) is 21.9. The minimum Gasteiger partial charge on any atom is -0.464 e. The van der Waals surface area contributed by atoms with Crippen LogP contribution in [0.1, 0.15) is 54.9 Å². The Morgan fingerprint density at radius 2 is 1.81 bits per heavy atom. The van der Waals surface area contributed by atoms with Crippen LogP contribution in [0.25, 0.3) is 11.0 Å². The standard InChI is InChI=1S/C26H30N2O4/c1-2-16-27-25(30)32-21-11-14-26(15-12-21,20-8-4-3-5-9-20)18-28-24(29)22-10-6-7-19-13-17-31-23(19)22/h3-10,13,17,21H,2,11-12,14-16,18H2,1H3,(H,27,30)(H,28,29)/t21-,26-. The Kier molecular flexibility index (Phi) is 6.78. The van der Waals surface area contributed by atoms with E-state index in [2.05, 4.69) is 22.8 Å². The summed E-state index contributed by atoms with van der Waals surface area (Å²) in [6.07, 6.45) is 5.21. The predicted octanol–water partition coefficient (Wildman–Crippen LogP) is 5.18. The Morgan fingerprint density at radius 1 is 1.03 bits per heavy atom. The van der Waals surface area contributed by atoms with Gasteiger partial charge in [-0.25, -0.2) is 4.79 Å². The van der Waals surface area contributed by atoms with Crippen LogP contribution in [-0.2, 0) is 10.2 Å². The van der Waals surface area contributed by atoms with E-state index >= 15 is 0 Å². The van der Waals surface area contributed by atoms with Gasteiger partial charge in [0.25, 0.3) is 5.91 Å². The molecule has 0 unspecified atom stereocenters. The highest BCUT2D eigenvalue weighted by atomic mass is 16.6. The minimum atomic E-state index is -0.344. The van der Waals surface area contributed by atoms with Gasteiger partial charge in [0.15, 0.2) is 0 Å². The zero-order valence-corrected chi connectivity index (χ0v) is 18.4. The summed E-state index contributed by atoms with van der Waals surface area (Å²) in [7, 11) is 0. The van der Waals surface area contributed by atoms with Crippen LogP contribution < -0.4 is 10.6 Å². The number of carbonyl (C=O) groups is 2. The number of carbonyl (C=O) groups excluding carboxylic acids is 2. The summed E-state index contributed by atoms with van der Waals surface area (Å²) in [6, 6.07) is 17.7. The maximum absolute atomic E-state index is 13.0. The molecule has 1 heterocycles. The average molecular weight is 435 g/mol. The van der Waals surface area contributed by atoms with E-state index in [1.165, 1.54) is 5.56 Å². The summed E-state index contributed by atoms with van der Waals surface area (Å²) >= 11 is 0. The second kappa shape index (κ2) is 9.90. The number of para-hydroxylation sites is 1. The molecule has 32 heavy (non-hydrogen) atoms. The lowest BCUT2D eigenvalue weighted by atomic mass is 9.68. The number of furan rings is 1. The van der Waals surface area contributed by atoms with Crippen LogP contribution in [0.2, 0.25) is 0 Å². The van der Waals surface area contributed by atoms with Crippen molar-refractivity contribution in [1.82, 2.24) is 10.6 Å². The molecular formula is C26H30N2O4. The van der Waals surface area contributed by atoms with Crippen LogP contribution in [0.5, 0.6) is 0 Å². The highest BCUT2D eigenvalue weighted by Gasteiger charge is 2.38. The Bertz CT molecular complexity index is 1050. The van der Waals surface area contributed by atoms with E-state index in [0.29, 0.717) is 24.2 Å². The third kappa shape index (κ3) is 4.79. The molecule has 1 aromatic heterocycles. The summed E-state index contributed by atoms with van der Waals surface area (Å²) in [4.78, 5) is 25.0. The second-order valence-corrected chi connectivity index (χ2v) is 8.51. The van der Waals surface area contributed by atoms with E-state index in [1.54, 1.807) is 12.3 Å². The van der Waals surface area contributed by atoms with Crippen LogP contribution in [-0.4, -0.2) is 31.2 Å². The molecule has 2 aromatic carbocycles. The van der Waals surface area contributed by atoms with Gasteiger partial charge in [-0.2, -0.15) is 0 Å². The Balaban J connectivity index is 1.46. The van der Waals surface area contributed by atoms with Crippen LogP contribution in [0, 0.1) is 0 Å². The number of hydrogen-bond acceptors (Lipinski definition) is 4. The summed E-state index contributed by atoms with van der Waals surface area (Å²) < 4.78 is 11.1. The number of benzene rings is 2. The first-order valence-corrected chi connectivity index (χ1v) is 11.4. The van der Waals surface area contributed by atoms with Gasteiger partial charge in [-0.3, -0.25) is 4.79 Å². The average Bonchev–Trinajstić information content (AvgIpc) is 3.32. The Hall–Kier alpha value is -3.28. The fraction of sp³-hybridized carbons (Fsp3) is 0.385. The number of nitrogens with one attached hydrogen (secondary N) is 2. The number of rotatable bonds is 7. The van der Waals surface area contributed by atoms with Gasteiger partial charge in [0.1, 0.15) is 11.7 Å². The lowest BCUT2D eigenvalue weighted by Gasteiger charge is -2.40.